The number of hydrogen-bond acceptors (Lipinski definition) is 2. The third-order valence-corrected chi connectivity index (χ3v) is 4.67. The first-order valence-electron chi connectivity index (χ1n) is 7.08. The Labute approximate surface area is 115 Å². The number of thiocarbonyl (C=S) groups is 1. The van der Waals surface area contributed by atoms with Crippen LogP contribution >= 0.6 is 12.2 Å². The average molecular weight is 268 g/mol. The zero-order valence-corrected chi connectivity index (χ0v) is 12.3. The summed E-state index contributed by atoms with van der Waals surface area (Å²) >= 11 is 5.15. The van der Waals surface area contributed by atoms with E-state index in [1.54, 1.807) is 0 Å². The van der Waals surface area contributed by atoms with Gasteiger partial charge < -0.3 is 10.6 Å². The van der Waals surface area contributed by atoms with Crippen molar-refractivity contribution in [3.63, 3.8) is 0 Å². The molecule has 0 bridgehead atoms. The zero-order chi connectivity index (χ0) is 13.3. The van der Waals surface area contributed by atoms with Crippen LogP contribution in [0.15, 0.2) is 0 Å². The van der Waals surface area contributed by atoms with Crippen LogP contribution in [-0.4, -0.2) is 28.4 Å². The molecule has 0 aromatic heterocycles. The highest BCUT2D eigenvalue weighted by Crippen LogP contribution is 2.44. The molecular weight excluding hydrogens is 244 g/mol. The van der Waals surface area contributed by atoms with Crippen molar-refractivity contribution in [1.82, 2.24) is 4.90 Å². The number of hydrogen-bond donors (Lipinski definition) is 1. The Kier molecular flexibility index (Phi) is 3.95. The van der Waals surface area contributed by atoms with Crippen LogP contribution in [0.4, 0.5) is 0 Å². The molecule has 1 amide bonds. The molecule has 2 rings (SSSR count). The summed E-state index contributed by atoms with van der Waals surface area (Å²) in [5.74, 6) is 0.839. The molecule has 2 aliphatic rings. The van der Waals surface area contributed by atoms with E-state index in [0.717, 1.165) is 45.1 Å². The van der Waals surface area contributed by atoms with E-state index in [0.29, 0.717) is 16.9 Å². The van der Waals surface area contributed by atoms with Gasteiger partial charge in [-0.2, -0.15) is 0 Å². The molecule has 0 aliphatic heterocycles. The summed E-state index contributed by atoms with van der Waals surface area (Å²) in [5, 5.41) is 0. The lowest BCUT2D eigenvalue weighted by Gasteiger charge is -2.43. The summed E-state index contributed by atoms with van der Waals surface area (Å²) in [5.41, 5.74) is 5.34. The van der Waals surface area contributed by atoms with E-state index in [1.165, 1.54) is 0 Å². The molecule has 2 fully saturated rings. The molecule has 102 valence electrons. The number of nitrogens with two attached hydrogens (primary N) is 1. The minimum absolute atomic E-state index is 0.212. The van der Waals surface area contributed by atoms with Crippen molar-refractivity contribution < 1.29 is 4.79 Å². The van der Waals surface area contributed by atoms with Crippen molar-refractivity contribution in [2.24, 2.45) is 17.1 Å². The molecule has 0 aromatic rings. The Balaban J connectivity index is 2.05. The van der Waals surface area contributed by atoms with Crippen molar-refractivity contribution >= 4 is 23.1 Å². The smallest absolute Gasteiger partial charge is 0.235 e. The molecule has 0 atom stereocenters. The van der Waals surface area contributed by atoms with Crippen molar-refractivity contribution in [2.75, 3.05) is 6.54 Å². The van der Waals surface area contributed by atoms with Gasteiger partial charge in [0.2, 0.25) is 5.91 Å². The molecule has 0 unspecified atom stereocenters. The van der Waals surface area contributed by atoms with Crippen molar-refractivity contribution in [1.29, 1.82) is 0 Å². The molecule has 0 radical (unpaired) electrons. The van der Waals surface area contributed by atoms with Gasteiger partial charge in [0.05, 0.1) is 10.4 Å². The minimum Gasteiger partial charge on any atom is -0.392 e. The first-order chi connectivity index (χ1) is 8.47. The lowest BCUT2D eigenvalue weighted by molar-refractivity contribution is -0.142. The Hall–Kier alpha value is -0.640. The summed E-state index contributed by atoms with van der Waals surface area (Å²) in [6.45, 7) is 5.26. The maximum absolute atomic E-state index is 12.7. The van der Waals surface area contributed by atoms with E-state index in [4.69, 9.17) is 18.0 Å². The quantitative estimate of drug-likeness (QED) is 0.753. The van der Waals surface area contributed by atoms with Gasteiger partial charge in [-0.3, -0.25) is 4.79 Å². The third kappa shape index (κ3) is 2.53. The Morgan fingerprint density at radius 1 is 1.44 bits per heavy atom. The molecule has 2 saturated carbocycles. The summed E-state index contributed by atoms with van der Waals surface area (Å²) in [4.78, 5) is 15.2. The standard InChI is InChI=1S/C14H24N2OS/c1-10(2)6-9-16(11-4-5-11)13(17)14(12(15)18)7-3-8-14/h10-11H,3-9H2,1-2H3,(H2,15,18). The highest BCUT2D eigenvalue weighted by atomic mass is 32.1. The van der Waals surface area contributed by atoms with E-state index < -0.39 is 5.41 Å². The van der Waals surface area contributed by atoms with Gasteiger partial charge in [-0.25, -0.2) is 0 Å². The largest absolute Gasteiger partial charge is 0.392 e. The predicted molar refractivity (Wildman–Crippen MR) is 77.3 cm³/mol. The number of rotatable bonds is 6. The van der Waals surface area contributed by atoms with Gasteiger partial charge in [-0.05, 0) is 38.0 Å². The highest BCUT2D eigenvalue weighted by Gasteiger charge is 2.51. The van der Waals surface area contributed by atoms with E-state index in [-0.39, 0.29) is 5.91 Å². The van der Waals surface area contributed by atoms with Crippen LogP contribution in [-0.2, 0) is 4.79 Å². The molecule has 3 nitrogen and oxygen atoms in total. The second kappa shape index (κ2) is 5.16. The molecule has 0 aromatic carbocycles. The van der Waals surface area contributed by atoms with E-state index in [1.807, 2.05) is 0 Å². The maximum Gasteiger partial charge on any atom is 0.235 e. The SMILES string of the molecule is CC(C)CCN(C(=O)C1(C(N)=S)CCC1)C1CC1. The summed E-state index contributed by atoms with van der Waals surface area (Å²) in [6, 6.07) is 0.461. The van der Waals surface area contributed by atoms with Gasteiger partial charge in [0.25, 0.3) is 0 Å². The Morgan fingerprint density at radius 2 is 2.06 bits per heavy atom. The number of carbonyl (C=O) groups excluding carboxylic acids is 1. The van der Waals surface area contributed by atoms with E-state index in [2.05, 4.69) is 18.7 Å². The van der Waals surface area contributed by atoms with Crippen molar-refractivity contribution in [3.05, 3.63) is 0 Å². The van der Waals surface area contributed by atoms with Crippen LogP contribution in [0.25, 0.3) is 0 Å². The first-order valence-corrected chi connectivity index (χ1v) is 7.49. The van der Waals surface area contributed by atoms with Crippen LogP contribution in [0.2, 0.25) is 0 Å². The van der Waals surface area contributed by atoms with Crippen molar-refractivity contribution in [3.8, 4) is 0 Å². The van der Waals surface area contributed by atoms with E-state index in [9.17, 15) is 4.79 Å². The molecule has 0 saturated heterocycles. The topological polar surface area (TPSA) is 46.3 Å². The molecule has 0 spiro atoms. The molecule has 2 aliphatic carbocycles. The lowest BCUT2D eigenvalue weighted by Crippen LogP contribution is -2.55. The third-order valence-electron chi connectivity index (χ3n) is 4.28. The monoisotopic (exact) mass is 268 g/mol. The fourth-order valence-corrected chi connectivity index (χ4v) is 2.90. The van der Waals surface area contributed by atoms with Crippen LogP contribution in [0.1, 0.15) is 52.4 Å². The van der Waals surface area contributed by atoms with Gasteiger partial charge in [-0.15, -0.1) is 0 Å². The second-order valence-electron chi connectivity index (χ2n) is 6.21. The average Bonchev–Trinajstić information content (AvgIpc) is 2.99. The van der Waals surface area contributed by atoms with Gasteiger partial charge in [0.15, 0.2) is 0 Å². The molecule has 4 heteroatoms. The summed E-state index contributed by atoms with van der Waals surface area (Å²) in [6.07, 6.45) is 6.15. The normalized spacial score (nSPS) is 21.5. The van der Waals surface area contributed by atoms with Crippen molar-refractivity contribution in [2.45, 2.75) is 58.4 Å². The number of amides is 1. The lowest BCUT2D eigenvalue weighted by atomic mass is 9.67. The highest BCUT2D eigenvalue weighted by molar-refractivity contribution is 7.80. The van der Waals surface area contributed by atoms with Crippen LogP contribution in [0, 0.1) is 11.3 Å². The second-order valence-corrected chi connectivity index (χ2v) is 6.65. The van der Waals surface area contributed by atoms with Crippen LogP contribution < -0.4 is 5.73 Å². The molecular formula is C14H24N2OS. The first kappa shape index (κ1) is 13.8. The van der Waals surface area contributed by atoms with Gasteiger partial charge >= 0.3 is 0 Å². The maximum atomic E-state index is 12.7. The Morgan fingerprint density at radius 3 is 2.39 bits per heavy atom. The molecule has 18 heavy (non-hydrogen) atoms. The fraction of sp³-hybridized carbons (Fsp3) is 0.857. The van der Waals surface area contributed by atoms with E-state index >= 15 is 0 Å². The van der Waals surface area contributed by atoms with Gasteiger partial charge in [0.1, 0.15) is 0 Å². The summed E-state index contributed by atoms with van der Waals surface area (Å²) < 4.78 is 0. The summed E-state index contributed by atoms with van der Waals surface area (Å²) in [7, 11) is 0. The Bertz CT molecular complexity index is 346. The van der Waals surface area contributed by atoms with Crippen LogP contribution in [0.3, 0.4) is 0 Å². The number of nitrogens with zero attached hydrogens (tertiary/aromatic N) is 1. The zero-order valence-electron chi connectivity index (χ0n) is 11.4. The van der Waals surface area contributed by atoms with Crippen LogP contribution in [0.5, 0.6) is 0 Å². The molecule has 0 heterocycles. The predicted octanol–water partition coefficient (Wildman–Crippen LogP) is 2.48. The minimum atomic E-state index is -0.491. The fourth-order valence-electron chi connectivity index (χ4n) is 2.60. The van der Waals surface area contributed by atoms with Gasteiger partial charge in [-0.1, -0.05) is 32.5 Å². The molecule has 2 N–H and O–H groups in total. The van der Waals surface area contributed by atoms with Gasteiger partial charge in [0, 0.05) is 12.6 Å². The number of carbonyl (C=O) groups is 1.